The van der Waals surface area contributed by atoms with Crippen LogP contribution in [0.2, 0.25) is 0 Å². The lowest BCUT2D eigenvalue weighted by Gasteiger charge is -2.21. The maximum atomic E-state index is 12.1. The Labute approximate surface area is 203 Å². The first-order chi connectivity index (χ1) is 16.2. The summed E-state index contributed by atoms with van der Waals surface area (Å²) in [6.07, 6.45) is 4.12. The van der Waals surface area contributed by atoms with Crippen molar-refractivity contribution in [2.45, 2.75) is 36.3 Å². The summed E-state index contributed by atoms with van der Waals surface area (Å²) in [5.41, 5.74) is 2.39. The quantitative estimate of drug-likeness (QED) is 0.501. The van der Waals surface area contributed by atoms with E-state index in [4.69, 9.17) is 9.47 Å². The van der Waals surface area contributed by atoms with Crippen molar-refractivity contribution in [1.82, 2.24) is 10.6 Å². The number of thioether (sulfide) groups is 2. The molecule has 2 N–H and O–H groups in total. The molecule has 0 aromatic heterocycles. The molecule has 2 aliphatic rings. The minimum Gasteiger partial charge on any atom is -0.484 e. The molecule has 1 heterocycles. The Hall–Kier alpha value is -2.32. The van der Waals surface area contributed by atoms with Crippen molar-refractivity contribution in [1.29, 1.82) is 0 Å². The van der Waals surface area contributed by atoms with Crippen molar-refractivity contribution in [2.75, 3.05) is 31.3 Å². The van der Waals surface area contributed by atoms with Crippen LogP contribution in [-0.4, -0.2) is 49.1 Å². The fourth-order valence-electron chi connectivity index (χ4n) is 3.35. The van der Waals surface area contributed by atoms with Crippen LogP contribution in [0.1, 0.15) is 35.0 Å². The number of carbonyl (C=O) groups is 2. The molecule has 0 radical (unpaired) electrons. The first kappa shape index (κ1) is 23.8. The van der Waals surface area contributed by atoms with Crippen LogP contribution in [0.3, 0.4) is 0 Å². The lowest BCUT2D eigenvalue weighted by molar-refractivity contribution is -0.123. The smallest absolute Gasteiger partial charge is 0.258 e. The number of nitrogens with one attached hydrogen (secondary N) is 2. The number of amides is 2. The molecule has 2 aromatic rings. The third-order valence-corrected chi connectivity index (χ3v) is 8.34. The van der Waals surface area contributed by atoms with Gasteiger partial charge in [0.05, 0.1) is 4.58 Å². The highest BCUT2D eigenvalue weighted by molar-refractivity contribution is 8.16. The average Bonchev–Trinajstić information content (AvgIpc) is 3.67. The maximum absolute atomic E-state index is 12.1. The Morgan fingerprint density at radius 2 is 1.45 bits per heavy atom. The molecule has 0 spiro atoms. The Morgan fingerprint density at radius 3 is 2.09 bits per heavy atom. The number of carbonyl (C=O) groups excluding carboxylic acids is 2. The van der Waals surface area contributed by atoms with Gasteiger partial charge < -0.3 is 20.1 Å². The Morgan fingerprint density at radius 1 is 0.848 bits per heavy atom. The second-order valence-electron chi connectivity index (χ2n) is 8.16. The highest BCUT2D eigenvalue weighted by Gasteiger charge is 2.23. The monoisotopic (exact) mass is 486 g/mol. The average molecular weight is 487 g/mol. The third-order valence-electron chi connectivity index (χ3n) is 5.32. The van der Waals surface area contributed by atoms with Crippen LogP contribution < -0.4 is 20.1 Å². The van der Waals surface area contributed by atoms with E-state index in [0.717, 1.165) is 18.4 Å². The highest BCUT2D eigenvalue weighted by Crippen LogP contribution is 2.43. The number of ether oxygens (including phenoxy) is 2. The van der Waals surface area contributed by atoms with E-state index < -0.39 is 0 Å². The predicted molar refractivity (Wildman–Crippen MR) is 134 cm³/mol. The van der Waals surface area contributed by atoms with E-state index in [2.05, 4.69) is 22.8 Å². The molecule has 6 nitrogen and oxygen atoms in total. The molecule has 176 valence electrons. The van der Waals surface area contributed by atoms with E-state index in [1.807, 2.05) is 59.9 Å². The van der Waals surface area contributed by atoms with Crippen LogP contribution in [0.15, 0.2) is 48.5 Å². The molecule has 2 aromatic carbocycles. The van der Waals surface area contributed by atoms with Gasteiger partial charge in [-0.25, -0.2) is 0 Å². The van der Waals surface area contributed by atoms with Gasteiger partial charge in [0.25, 0.3) is 11.8 Å². The van der Waals surface area contributed by atoms with E-state index in [-0.39, 0.29) is 25.0 Å². The van der Waals surface area contributed by atoms with Gasteiger partial charge in [0.1, 0.15) is 11.5 Å². The first-order valence-electron chi connectivity index (χ1n) is 11.4. The lowest BCUT2D eigenvalue weighted by atomic mass is 10.1. The van der Waals surface area contributed by atoms with Crippen molar-refractivity contribution < 1.29 is 19.1 Å². The summed E-state index contributed by atoms with van der Waals surface area (Å²) in [7, 11) is 0. The zero-order valence-corrected chi connectivity index (χ0v) is 20.2. The summed E-state index contributed by atoms with van der Waals surface area (Å²) in [6, 6.07) is 16.0. The van der Waals surface area contributed by atoms with E-state index in [0.29, 0.717) is 35.1 Å². The summed E-state index contributed by atoms with van der Waals surface area (Å²) in [5, 5.41) is 5.78. The summed E-state index contributed by atoms with van der Waals surface area (Å²) in [6.45, 7) is 0.566. The van der Waals surface area contributed by atoms with E-state index in [1.54, 1.807) is 0 Å². The van der Waals surface area contributed by atoms with Crippen LogP contribution in [0.25, 0.3) is 0 Å². The third kappa shape index (κ3) is 8.19. The lowest BCUT2D eigenvalue weighted by Crippen LogP contribution is -2.30. The van der Waals surface area contributed by atoms with Gasteiger partial charge in [0, 0.05) is 12.6 Å². The summed E-state index contributed by atoms with van der Waals surface area (Å²) >= 11 is 3.98. The van der Waals surface area contributed by atoms with Crippen LogP contribution in [0.5, 0.6) is 11.5 Å². The molecule has 0 unspecified atom stereocenters. The number of hydrogen-bond donors (Lipinski definition) is 2. The summed E-state index contributed by atoms with van der Waals surface area (Å²) in [4.78, 5) is 23.8. The molecule has 1 aliphatic carbocycles. The molecule has 1 saturated heterocycles. The highest BCUT2D eigenvalue weighted by atomic mass is 32.2. The zero-order chi connectivity index (χ0) is 22.9. The first-order valence-corrected chi connectivity index (χ1v) is 13.5. The van der Waals surface area contributed by atoms with Gasteiger partial charge in [-0.3, -0.25) is 9.59 Å². The minimum absolute atomic E-state index is 0.00196. The van der Waals surface area contributed by atoms with E-state index >= 15 is 0 Å². The van der Waals surface area contributed by atoms with Crippen LogP contribution in [-0.2, 0) is 16.0 Å². The van der Waals surface area contributed by atoms with Crippen molar-refractivity contribution >= 4 is 35.3 Å². The van der Waals surface area contributed by atoms with Gasteiger partial charge in [-0.05, 0) is 72.6 Å². The molecule has 2 amide bonds. The standard InChI is InChI=1S/C25H30N2O4S2/c28-23(16-30-22-10-4-19(5-11-22)25-32-14-1-15-33-25)26-13-12-18-2-8-21(9-3-18)31-17-24(29)27-20-6-7-20/h2-5,8-11,20,25H,1,6-7,12-17H2,(H,26,28)(H,27,29). The Balaban J connectivity index is 1.10. The van der Waals surface area contributed by atoms with Gasteiger partial charge in [0.2, 0.25) is 0 Å². The van der Waals surface area contributed by atoms with Crippen LogP contribution >= 0.6 is 23.5 Å². The molecule has 1 saturated carbocycles. The van der Waals surface area contributed by atoms with Crippen molar-refractivity contribution in [2.24, 2.45) is 0 Å². The number of rotatable bonds is 11. The van der Waals surface area contributed by atoms with Gasteiger partial charge in [-0.1, -0.05) is 24.3 Å². The molecule has 0 bridgehead atoms. The predicted octanol–water partition coefficient (Wildman–Crippen LogP) is 3.95. The number of hydrogen-bond acceptors (Lipinski definition) is 6. The van der Waals surface area contributed by atoms with Crippen LogP contribution in [0, 0.1) is 0 Å². The molecule has 1 aliphatic heterocycles. The fourth-order valence-corrected chi connectivity index (χ4v) is 6.24. The topological polar surface area (TPSA) is 76.7 Å². The molecule has 2 fully saturated rings. The molecular weight excluding hydrogens is 456 g/mol. The Kier molecular flexibility index (Phi) is 8.83. The maximum Gasteiger partial charge on any atom is 0.258 e. The molecule has 4 rings (SSSR count). The molecule has 8 heteroatoms. The normalized spacial score (nSPS) is 16.1. The SMILES string of the molecule is O=C(COc1ccc(C2SCCCS2)cc1)NCCc1ccc(OCC(=O)NC2CC2)cc1. The van der Waals surface area contributed by atoms with Gasteiger partial charge >= 0.3 is 0 Å². The second kappa shape index (κ2) is 12.2. The van der Waals surface area contributed by atoms with Gasteiger partial charge in [0.15, 0.2) is 13.2 Å². The van der Waals surface area contributed by atoms with E-state index in [9.17, 15) is 9.59 Å². The van der Waals surface area contributed by atoms with Crippen LogP contribution in [0.4, 0.5) is 0 Å². The second-order valence-corrected chi connectivity index (χ2v) is 10.9. The van der Waals surface area contributed by atoms with Gasteiger partial charge in [-0.2, -0.15) is 0 Å². The van der Waals surface area contributed by atoms with Crippen molar-refractivity contribution in [3.8, 4) is 11.5 Å². The van der Waals surface area contributed by atoms with E-state index in [1.165, 1.54) is 23.5 Å². The number of benzene rings is 2. The zero-order valence-electron chi connectivity index (χ0n) is 18.6. The largest absolute Gasteiger partial charge is 0.484 e. The van der Waals surface area contributed by atoms with Crippen molar-refractivity contribution in [3.05, 3.63) is 59.7 Å². The molecule has 33 heavy (non-hydrogen) atoms. The Bertz CT molecular complexity index is 911. The molecular formula is C25H30N2O4S2. The van der Waals surface area contributed by atoms with Crippen molar-refractivity contribution in [3.63, 3.8) is 0 Å². The fraction of sp³-hybridized carbons (Fsp3) is 0.440. The molecule has 0 atom stereocenters. The summed E-state index contributed by atoms with van der Waals surface area (Å²) < 4.78 is 11.6. The summed E-state index contributed by atoms with van der Waals surface area (Å²) in [5.74, 6) is 3.58. The van der Waals surface area contributed by atoms with Gasteiger partial charge in [-0.15, -0.1) is 23.5 Å². The minimum atomic E-state index is -0.140.